The van der Waals surface area contributed by atoms with Crippen molar-refractivity contribution >= 4 is 12.1 Å². The quantitative estimate of drug-likeness (QED) is 0.245. The van der Waals surface area contributed by atoms with E-state index in [4.69, 9.17) is 14.2 Å². The smallest absolute Gasteiger partial charge is 0.409 e. The van der Waals surface area contributed by atoms with Crippen LogP contribution in [0.15, 0.2) is 48.5 Å². The molecule has 1 amide bonds. The number of aliphatic hydroxyl groups excluding tert-OH is 1. The van der Waals surface area contributed by atoms with Crippen molar-refractivity contribution in [3.05, 3.63) is 65.2 Å². The van der Waals surface area contributed by atoms with Gasteiger partial charge in [-0.15, -0.1) is 0 Å². The van der Waals surface area contributed by atoms with Gasteiger partial charge in [0.1, 0.15) is 18.5 Å². The molecule has 0 unspecified atom stereocenters. The molecule has 0 aliphatic heterocycles. The van der Waals surface area contributed by atoms with E-state index in [-0.39, 0.29) is 37.4 Å². The second-order valence-electron chi connectivity index (χ2n) is 11.6. The predicted molar refractivity (Wildman–Crippen MR) is 154 cm³/mol. The van der Waals surface area contributed by atoms with E-state index in [1.165, 1.54) is 10.5 Å². The molecule has 2 aliphatic rings. The molecule has 4 rings (SSSR count). The number of carbonyl (C=O) groups is 2. The molecule has 2 aromatic rings. The number of amides is 1. The fourth-order valence-corrected chi connectivity index (χ4v) is 6.36. The van der Waals surface area contributed by atoms with Gasteiger partial charge in [-0.3, -0.25) is 0 Å². The van der Waals surface area contributed by atoms with Crippen molar-refractivity contribution in [1.82, 2.24) is 4.90 Å². The third kappa shape index (κ3) is 8.00. The Kier molecular flexibility index (Phi) is 10.9. The molecule has 0 heterocycles. The van der Waals surface area contributed by atoms with Crippen LogP contribution in [0.2, 0.25) is 0 Å². The van der Waals surface area contributed by atoms with E-state index in [1.54, 1.807) is 14.1 Å². The molecule has 40 heavy (non-hydrogen) atoms. The summed E-state index contributed by atoms with van der Waals surface area (Å²) in [6.45, 7) is 2.25. The molecule has 1 N–H and O–H groups in total. The second-order valence-corrected chi connectivity index (χ2v) is 11.6. The molecular weight excluding hydrogens is 506 g/mol. The van der Waals surface area contributed by atoms with Gasteiger partial charge in [-0.1, -0.05) is 68.7 Å². The molecule has 1 saturated carbocycles. The van der Waals surface area contributed by atoms with E-state index in [9.17, 15) is 14.7 Å². The number of nitrogens with zero attached hydrogens (tertiary/aromatic N) is 1. The summed E-state index contributed by atoms with van der Waals surface area (Å²) in [6, 6.07) is 15.6. The maximum atomic E-state index is 12.5. The van der Waals surface area contributed by atoms with E-state index in [2.05, 4.69) is 13.0 Å². The Morgan fingerprint density at radius 1 is 1.02 bits per heavy atom. The monoisotopic (exact) mass is 551 g/mol. The number of hydrogen-bond acceptors (Lipinski definition) is 6. The van der Waals surface area contributed by atoms with Gasteiger partial charge in [0, 0.05) is 14.1 Å². The van der Waals surface area contributed by atoms with E-state index in [0.717, 1.165) is 74.7 Å². The summed E-state index contributed by atoms with van der Waals surface area (Å²) in [5, 5.41) is 10.6. The predicted octanol–water partition coefficient (Wildman–Crippen LogP) is 5.95. The van der Waals surface area contributed by atoms with Crippen LogP contribution in [-0.4, -0.2) is 55.0 Å². The summed E-state index contributed by atoms with van der Waals surface area (Å²) in [7, 11) is 3.42. The molecule has 218 valence electrons. The lowest BCUT2D eigenvalue weighted by Gasteiger charge is -2.33. The highest BCUT2D eigenvalue weighted by molar-refractivity contribution is 5.71. The molecule has 2 aliphatic carbocycles. The SMILES string of the molecule is CCCCC[C@H](O)CC[C@@H]1[C@H]2Cc3cccc(OCC(=O)OCc4ccccc4)c3C[C@H]2C[C@H]1OC(=O)N(C)C. The van der Waals surface area contributed by atoms with E-state index in [0.29, 0.717) is 11.8 Å². The van der Waals surface area contributed by atoms with Crippen molar-refractivity contribution in [3.8, 4) is 5.75 Å². The Hall–Kier alpha value is -3.06. The zero-order valence-corrected chi connectivity index (χ0v) is 24.2. The van der Waals surface area contributed by atoms with Gasteiger partial charge in [0.25, 0.3) is 0 Å². The number of unbranched alkanes of at least 4 members (excludes halogenated alkanes) is 2. The lowest BCUT2D eigenvalue weighted by molar-refractivity contribution is -0.147. The lowest BCUT2D eigenvalue weighted by atomic mass is 9.73. The van der Waals surface area contributed by atoms with Crippen LogP contribution in [0.25, 0.3) is 0 Å². The minimum atomic E-state index is -0.399. The molecule has 2 aromatic carbocycles. The van der Waals surface area contributed by atoms with Crippen molar-refractivity contribution < 1.29 is 28.9 Å². The van der Waals surface area contributed by atoms with Crippen molar-refractivity contribution in [1.29, 1.82) is 0 Å². The van der Waals surface area contributed by atoms with Crippen LogP contribution in [0.5, 0.6) is 5.75 Å². The maximum Gasteiger partial charge on any atom is 0.409 e. The Morgan fingerprint density at radius 3 is 2.58 bits per heavy atom. The molecular formula is C33H45NO6. The van der Waals surface area contributed by atoms with Gasteiger partial charge in [-0.05, 0) is 79.0 Å². The minimum Gasteiger partial charge on any atom is -0.482 e. The third-order valence-electron chi connectivity index (χ3n) is 8.50. The third-order valence-corrected chi connectivity index (χ3v) is 8.50. The van der Waals surface area contributed by atoms with Crippen LogP contribution in [0.1, 0.15) is 68.6 Å². The van der Waals surface area contributed by atoms with Gasteiger partial charge in [0.15, 0.2) is 6.61 Å². The van der Waals surface area contributed by atoms with Crippen molar-refractivity contribution in [3.63, 3.8) is 0 Å². The molecule has 0 bridgehead atoms. The highest BCUT2D eigenvalue weighted by Gasteiger charge is 2.47. The number of esters is 1. The summed E-state index contributed by atoms with van der Waals surface area (Å²) in [4.78, 5) is 26.4. The average molecular weight is 552 g/mol. The lowest BCUT2D eigenvalue weighted by Crippen LogP contribution is -2.32. The van der Waals surface area contributed by atoms with Gasteiger partial charge in [0.05, 0.1) is 6.10 Å². The largest absolute Gasteiger partial charge is 0.482 e. The molecule has 7 nitrogen and oxygen atoms in total. The first-order chi connectivity index (χ1) is 19.4. The van der Waals surface area contributed by atoms with Crippen LogP contribution in [-0.2, 0) is 33.7 Å². The summed E-state index contributed by atoms with van der Waals surface area (Å²) in [5.41, 5.74) is 3.30. The first-order valence-electron chi connectivity index (χ1n) is 14.8. The number of fused-ring (bicyclic) bond motifs is 2. The Labute approximate surface area is 238 Å². The molecule has 0 radical (unpaired) electrons. The maximum absolute atomic E-state index is 12.5. The van der Waals surface area contributed by atoms with E-state index < -0.39 is 5.97 Å². The number of aliphatic hydroxyl groups is 1. The number of hydrogen-bond donors (Lipinski definition) is 1. The molecule has 0 spiro atoms. The van der Waals surface area contributed by atoms with Crippen molar-refractivity contribution in [2.45, 2.75) is 83.5 Å². The van der Waals surface area contributed by atoms with Crippen LogP contribution in [0.3, 0.4) is 0 Å². The number of carbonyl (C=O) groups excluding carboxylic acids is 2. The number of rotatable bonds is 13. The summed E-state index contributed by atoms with van der Waals surface area (Å²) in [5.74, 6) is 1.26. The minimum absolute atomic E-state index is 0.140. The van der Waals surface area contributed by atoms with Crippen LogP contribution < -0.4 is 4.74 Å². The highest BCUT2D eigenvalue weighted by Crippen LogP contribution is 2.49. The first-order valence-corrected chi connectivity index (χ1v) is 14.8. The topological polar surface area (TPSA) is 85.3 Å². The number of ether oxygens (including phenoxy) is 3. The molecule has 1 fully saturated rings. The van der Waals surface area contributed by atoms with Crippen molar-refractivity contribution in [2.75, 3.05) is 20.7 Å². The van der Waals surface area contributed by atoms with Gasteiger partial charge in [-0.2, -0.15) is 0 Å². The van der Waals surface area contributed by atoms with Gasteiger partial charge >= 0.3 is 12.1 Å². The van der Waals surface area contributed by atoms with E-state index >= 15 is 0 Å². The fourth-order valence-electron chi connectivity index (χ4n) is 6.36. The fraction of sp³-hybridized carbons (Fsp3) is 0.576. The first kappa shape index (κ1) is 29.9. The normalized spacial score (nSPS) is 22.1. The van der Waals surface area contributed by atoms with Crippen LogP contribution in [0, 0.1) is 17.8 Å². The number of benzene rings is 2. The Bertz CT molecular complexity index is 1100. The molecule has 5 atom stereocenters. The van der Waals surface area contributed by atoms with Crippen LogP contribution >= 0.6 is 0 Å². The summed E-state index contributed by atoms with van der Waals surface area (Å²) < 4.78 is 17.4. The average Bonchev–Trinajstić information content (AvgIpc) is 3.28. The van der Waals surface area contributed by atoms with Crippen molar-refractivity contribution in [2.24, 2.45) is 17.8 Å². The van der Waals surface area contributed by atoms with Gasteiger partial charge < -0.3 is 24.2 Å². The van der Waals surface area contributed by atoms with Crippen LogP contribution in [0.4, 0.5) is 4.79 Å². The van der Waals surface area contributed by atoms with Gasteiger partial charge in [0.2, 0.25) is 0 Å². The molecule has 7 heteroatoms. The molecule has 0 aromatic heterocycles. The Morgan fingerprint density at radius 2 is 1.82 bits per heavy atom. The standard InChI is InChI=1S/C33H45NO6/c1-4-5-7-14-26(35)16-17-27-28-18-24-13-10-15-30(38-22-32(36)39-21-23-11-8-6-9-12-23)29(24)19-25(28)20-31(27)40-33(37)34(2)3/h6,8-13,15,25-28,31,35H,4-5,7,14,16-22H2,1-3H3/t25-,26-,27+,28-,31+/m0/s1. The molecule has 0 saturated heterocycles. The summed E-state index contributed by atoms with van der Waals surface area (Å²) >= 11 is 0. The highest BCUT2D eigenvalue weighted by atomic mass is 16.6. The Balaban J connectivity index is 1.40. The zero-order valence-electron chi connectivity index (χ0n) is 24.2. The van der Waals surface area contributed by atoms with Gasteiger partial charge in [-0.25, -0.2) is 9.59 Å². The summed E-state index contributed by atoms with van der Waals surface area (Å²) in [6.07, 6.45) is 7.43. The second kappa shape index (κ2) is 14.5. The zero-order chi connectivity index (χ0) is 28.5. The van der Waals surface area contributed by atoms with E-state index in [1.807, 2.05) is 42.5 Å².